The average Bonchev–Trinajstić information content (AvgIpc) is 2.75. The zero-order chi connectivity index (χ0) is 21.6. The molecule has 0 bridgehead atoms. The van der Waals surface area contributed by atoms with Gasteiger partial charge in [0.1, 0.15) is 23.7 Å². The predicted molar refractivity (Wildman–Crippen MR) is 117 cm³/mol. The third-order valence-electron chi connectivity index (χ3n) is 5.79. The fraction of sp³-hybridized carbons (Fsp3) is 0.458. The number of amides is 1. The average molecular weight is 413 g/mol. The molecule has 6 heteroatoms. The molecule has 1 amide bonds. The van der Waals surface area contributed by atoms with Gasteiger partial charge >= 0.3 is 0 Å². The van der Waals surface area contributed by atoms with Gasteiger partial charge in [-0.1, -0.05) is 18.2 Å². The fourth-order valence-electron chi connectivity index (χ4n) is 3.50. The SMILES string of the molecule is COc1ccc(CNC(=O)CN2CCC(O)(COc3ccc(C)c(C)c3)CC2)cc1. The van der Waals surface area contributed by atoms with E-state index in [9.17, 15) is 9.90 Å². The maximum Gasteiger partial charge on any atom is 0.234 e. The van der Waals surface area contributed by atoms with E-state index in [1.165, 1.54) is 11.1 Å². The minimum absolute atomic E-state index is 0.0114. The van der Waals surface area contributed by atoms with Crippen LogP contribution in [0.1, 0.15) is 29.5 Å². The Morgan fingerprint density at radius 3 is 2.37 bits per heavy atom. The van der Waals surface area contributed by atoms with Crippen LogP contribution in [-0.2, 0) is 11.3 Å². The van der Waals surface area contributed by atoms with Crippen LogP contribution < -0.4 is 14.8 Å². The largest absolute Gasteiger partial charge is 0.497 e. The summed E-state index contributed by atoms with van der Waals surface area (Å²) in [6.07, 6.45) is 1.17. The van der Waals surface area contributed by atoms with Crippen molar-refractivity contribution in [3.8, 4) is 11.5 Å². The number of likely N-dealkylation sites (tertiary alicyclic amines) is 1. The van der Waals surface area contributed by atoms with Gasteiger partial charge < -0.3 is 19.9 Å². The molecule has 1 saturated heterocycles. The van der Waals surface area contributed by atoms with E-state index in [-0.39, 0.29) is 12.5 Å². The Labute approximate surface area is 178 Å². The lowest BCUT2D eigenvalue weighted by Crippen LogP contribution is -2.50. The molecule has 2 aromatic carbocycles. The van der Waals surface area contributed by atoms with E-state index in [2.05, 4.69) is 24.1 Å². The predicted octanol–water partition coefficient (Wildman–Crippen LogP) is 2.83. The highest BCUT2D eigenvalue weighted by molar-refractivity contribution is 5.78. The molecule has 1 aliphatic rings. The van der Waals surface area contributed by atoms with Crippen molar-refractivity contribution in [3.63, 3.8) is 0 Å². The van der Waals surface area contributed by atoms with Gasteiger partial charge in [-0.2, -0.15) is 0 Å². The second-order valence-electron chi connectivity index (χ2n) is 8.16. The van der Waals surface area contributed by atoms with Gasteiger partial charge in [-0.15, -0.1) is 0 Å². The smallest absolute Gasteiger partial charge is 0.234 e. The summed E-state index contributed by atoms with van der Waals surface area (Å²) in [5.74, 6) is 1.57. The second-order valence-corrected chi connectivity index (χ2v) is 8.16. The molecule has 6 nitrogen and oxygen atoms in total. The fourth-order valence-corrected chi connectivity index (χ4v) is 3.50. The van der Waals surface area contributed by atoms with Crippen LogP contribution in [0.3, 0.4) is 0 Å². The molecule has 0 atom stereocenters. The van der Waals surface area contributed by atoms with Gasteiger partial charge in [0.15, 0.2) is 0 Å². The van der Waals surface area contributed by atoms with Gasteiger partial charge in [0.2, 0.25) is 5.91 Å². The number of nitrogens with one attached hydrogen (secondary N) is 1. The molecule has 0 aromatic heterocycles. The van der Waals surface area contributed by atoms with Gasteiger partial charge in [0, 0.05) is 19.6 Å². The molecular formula is C24H32N2O4. The van der Waals surface area contributed by atoms with Gasteiger partial charge in [-0.05, 0) is 67.6 Å². The normalized spacial score (nSPS) is 16.1. The van der Waals surface area contributed by atoms with E-state index in [0.717, 1.165) is 17.1 Å². The Morgan fingerprint density at radius 2 is 1.73 bits per heavy atom. The van der Waals surface area contributed by atoms with Gasteiger partial charge in [0.25, 0.3) is 0 Å². The molecular weight excluding hydrogens is 380 g/mol. The summed E-state index contributed by atoms with van der Waals surface area (Å²) in [7, 11) is 1.63. The summed E-state index contributed by atoms with van der Waals surface area (Å²) in [4.78, 5) is 14.4. The monoisotopic (exact) mass is 412 g/mol. The molecule has 0 aliphatic carbocycles. The molecule has 2 aromatic rings. The van der Waals surface area contributed by atoms with Gasteiger partial charge in [0.05, 0.1) is 13.7 Å². The van der Waals surface area contributed by atoms with E-state index in [1.807, 2.05) is 42.5 Å². The number of methoxy groups -OCH3 is 1. The Bertz CT molecular complexity index is 843. The van der Waals surface area contributed by atoms with Crippen molar-refractivity contribution in [3.05, 3.63) is 59.2 Å². The van der Waals surface area contributed by atoms with Gasteiger partial charge in [-0.3, -0.25) is 9.69 Å². The summed E-state index contributed by atoms with van der Waals surface area (Å²) in [6, 6.07) is 13.6. The van der Waals surface area contributed by atoms with E-state index in [0.29, 0.717) is 39.0 Å². The summed E-state index contributed by atoms with van der Waals surface area (Å²) in [5, 5.41) is 13.8. The third kappa shape index (κ3) is 6.21. The van der Waals surface area contributed by atoms with Crippen molar-refractivity contribution in [2.24, 2.45) is 0 Å². The molecule has 0 saturated carbocycles. The molecule has 1 heterocycles. The van der Waals surface area contributed by atoms with Crippen molar-refractivity contribution in [1.29, 1.82) is 0 Å². The maximum absolute atomic E-state index is 12.3. The number of nitrogens with zero attached hydrogens (tertiary/aromatic N) is 1. The highest BCUT2D eigenvalue weighted by atomic mass is 16.5. The molecule has 30 heavy (non-hydrogen) atoms. The lowest BCUT2D eigenvalue weighted by atomic mass is 9.92. The highest BCUT2D eigenvalue weighted by Gasteiger charge is 2.33. The number of carbonyl (C=O) groups is 1. The summed E-state index contributed by atoms with van der Waals surface area (Å²) in [6.45, 7) is 6.55. The van der Waals surface area contributed by atoms with Crippen LogP contribution in [-0.4, -0.2) is 54.9 Å². The summed E-state index contributed by atoms with van der Waals surface area (Å²) in [5.41, 5.74) is 2.57. The molecule has 2 N–H and O–H groups in total. The number of hydrogen-bond donors (Lipinski definition) is 2. The quantitative estimate of drug-likeness (QED) is 0.698. The van der Waals surface area contributed by atoms with Crippen LogP contribution >= 0.6 is 0 Å². The number of piperidine rings is 1. The number of rotatable bonds is 8. The van der Waals surface area contributed by atoms with Crippen LogP contribution in [0.25, 0.3) is 0 Å². The minimum Gasteiger partial charge on any atom is -0.497 e. The van der Waals surface area contributed by atoms with Crippen LogP contribution in [0.15, 0.2) is 42.5 Å². The molecule has 0 spiro atoms. The number of aliphatic hydroxyl groups is 1. The standard InChI is InChI=1S/C24H32N2O4/c1-18-4-7-22(14-19(18)2)30-17-24(28)10-12-26(13-11-24)16-23(27)25-15-20-5-8-21(29-3)9-6-20/h4-9,14,28H,10-13,15-17H2,1-3H3,(H,25,27). The first-order valence-corrected chi connectivity index (χ1v) is 10.4. The van der Waals surface area contributed by atoms with Crippen molar-refractivity contribution >= 4 is 5.91 Å². The Balaban J connectivity index is 1.39. The molecule has 1 fully saturated rings. The molecule has 0 unspecified atom stereocenters. The molecule has 1 aliphatic heterocycles. The lowest BCUT2D eigenvalue weighted by Gasteiger charge is -2.37. The first-order chi connectivity index (χ1) is 14.4. The first-order valence-electron chi connectivity index (χ1n) is 10.4. The third-order valence-corrected chi connectivity index (χ3v) is 5.79. The van der Waals surface area contributed by atoms with Crippen LogP contribution in [0, 0.1) is 13.8 Å². The first kappa shape index (κ1) is 22.1. The summed E-state index contributed by atoms with van der Waals surface area (Å²) >= 11 is 0. The van der Waals surface area contributed by atoms with Crippen molar-refractivity contribution in [1.82, 2.24) is 10.2 Å². The van der Waals surface area contributed by atoms with Crippen molar-refractivity contribution in [2.45, 2.75) is 38.8 Å². The number of benzene rings is 2. The zero-order valence-electron chi connectivity index (χ0n) is 18.1. The maximum atomic E-state index is 12.3. The number of aryl methyl sites for hydroxylation is 2. The zero-order valence-corrected chi connectivity index (χ0v) is 18.1. The van der Waals surface area contributed by atoms with Gasteiger partial charge in [-0.25, -0.2) is 0 Å². The Morgan fingerprint density at radius 1 is 1.07 bits per heavy atom. The molecule has 162 valence electrons. The Hall–Kier alpha value is -2.57. The number of ether oxygens (including phenoxy) is 2. The summed E-state index contributed by atoms with van der Waals surface area (Å²) < 4.78 is 11.0. The number of hydrogen-bond acceptors (Lipinski definition) is 5. The minimum atomic E-state index is -0.852. The number of carbonyl (C=O) groups excluding carboxylic acids is 1. The molecule has 3 rings (SSSR count). The highest BCUT2D eigenvalue weighted by Crippen LogP contribution is 2.24. The van der Waals surface area contributed by atoms with Crippen LogP contribution in [0.4, 0.5) is 0 Å². The van der Waals surface area contributed by atoms with Crippen LogP contribution in [0.5, 0.6) is 11.5 Å². The van der Waals surface area contributed by atoms with E-state index >= 15 is 0 Å². The van der Waals surface area contributed by atoms with E-state index < -0.39 is 5.60 Å². The van der Waals surface area contributed by atoms with E-state index in [1.54, 1.807) is 7.11 Å². The topological polar surface area (TPSA) is 71.0 Å². The van der Waals surface area contributed by atoms with Crippen LogP contribution in [0.2, 0.25) is 0 Å². The second kappa shape index (κ2) is 9.96. The van der Waals surface area contributed by atoms with Crippen molar-refractivity contribution < 1.29 is 19.4 Å². The van der Waals surface area contributed by atoms with E-state index in [4.69, 9.17) is 9.47 Å². The Kier molecular flexibility index (Phi) is 7.34. The van der Waals surface area contributed by atoms with Crippen molar-refractivity contribution in [2.75, 3.05) is 33.4 Å². The molecule has 0 radical (unpaired) electrons. The lowest BCUT2D eigenvalue weighted by molar-refractivity contribution is -0.124.